The zero-order chi connectivity index (χ0) is 21.3. The number of fused-ring (bicyclic) bond motifs is 1. The number of hydrogen-bond donors (Lipinski definition) is 1. The number of carbonyl (C=O) groups is 1. The molecule has 0 bridgehead atoms. The Hall–Kier alpha value is -1.61. The van der Waals surface area contributed by atoms with Crippen LogP contribution >= 0.6 is 23.4 Å². The predicted octanol–water partition coefficient (Wildman–Crippen LogP) is 4.62. The standard InChI is InChI=1S/C22H23ClO6S/c1-12-18-16(11-27-21(29-18)13-6-4-3-5-7-13)28-22(19(12)26-2)30-17-10-14(23)8-9-15(17)20(24)25/h3-10,12,16,18-19,21-22H,11H2,1-2H3,(H,24,25)/t12?,16?,18-,19?,21?,22-/m1/s1. The van der Waals surface area contributed by atoms with E-state index < -0.39 is 17.7 Å². The summed E-state index contributed by atoms with van der Waals surface area (Å²) >= 11 is 7.40. The first-order chi connectivity index (χ1) is 14.5. The van der Waals surface area contributed by atoms with Gasteiger partial charge in [-0.05, 0) is 18.2 Å². The Balaban J connectivity index is 1.54. The largest absolute Gasteiger partial charge is 0.478 e. The van der Waals surface area contributed by atoms with Crippen LogP contribution in [0, 0.1) is 5.92 Å². The number of carboxylic acids is 1. The lowest BCUT2D eigenvalue weighted by Gasteiger charge is -2.48. The third-order valence-corrected chi connectivity index (χ3v) is 6.87. The van der Waals surface area contributed by atoms with Gasteiger partial charge in [-0.25, -0.2) is 4.79 Å². The average molecular weight is 451 g/mol. The number of hydrogen-bond acceptors (Lipinski definition) is 6. The van der Waals surface area contributed by atoms with Crippen LogP contribution in [-0.2, 0) is 18.9 Å². The van der Waals surface area contributed by atoms with Gasteiger partial charge in [0.2, 0.25) is 0 Å². The van der Waals surface area contributed by atoms with Gasteiger partial charge in [0, 0.05) is 28.5 Å². The van der Waals surface area contributed by atoms with Crippen LogP contribution in [0.1, 0.15) is 29.1 Å². The van der Waals surface area contributed by atoms with Gasteiger partial charge in [0.15, 0.2) is 6.29 Å². The molecular formula is C22H23ClO6S. The van der Waals surface area contributed by atoms with Gasteiger partial charge in [-0.2, -0.15) is 0 Å². The van der Waals surface area contributed by atoms with Gasteiger partial charge >= 0.3 is 5.97 Å². The lowest BCUT2D eigenvalue weighted by molar-refractivity contribution is -0.309. The Morgan fingerprint density at radius 2 is 1.97 bits per heavy atom. The fourth-order valence-electron chi connectivity index (χ4n) is 3.91. The van der Waals surface area contributed by atoms with Crippen molar-refractivity contribution in [2.45, 2.75) is 41.9 Å². The van der Waals surface area contributed by atoms with E-state index in [1.165, 1.54) is 17.8 Å². The molecule has 0 aromatic heterocycles. The summed E-state index contributed by atoms with van der Waals surface area (Å²) in [6.07, 6.45) is -1.24. The van der Waals surface area contributed by atoms with E-state index in [0.29, 0.717) is 16.5 Å². The average Bonchev–Trinajstić information content (AvgIpc) is 2.74. The molecule has 0 radical (unpaired) electrons. The molecule has 6 atom stereocenters. The van der Waals surface area contributed by atoms with Crippen molar-refractivity contribution in [3.63, 3.8) is 0 Å². The van der Waals surface area contributed by atoms with Crippen LogP contribution in [0.2, 0.25) is 5.02 Å². The van der Waals surface area contributed by atoms with Crippen molar-refractivity contribution in [2.24, 2.45) is 5.92 Å². The van der Waals surface area contributed by atoms with E-state index >= 15 is 0 Å². The molecular weight excluding hydrogens is 428 g/mol. The van der Waals surface area contributed by atoms with E-state index in [0.717, 1.165) is 5.56 Å². The number of carboxylic acid groups (broad SMARTS) is 1. The molecule has 2 aliphatic rings. The van der Waals surface area contributed by atoms with Gasteiger partial charge in [-0.15, -0.1) is 0 Å². The minimum absolute atomic E-state index is 0.00817. The fourth-order valence-corrected chi connectivity index (χ4v) is 5.57. The van der Waals surface area contributed by atoms with E-state index in [4.69, 9.17) is 30.5 Å². The topological polar surface area (TPSA) is 74.2 Å². The first kappa shape index (κ1) is 21.6. The number of ether oxygens (including phenoxy) is 4. The normalized spacial score (nSPS) is 31.2. The Morgan fingerprint density at radius 1 is 1.20 bits per heavy atom. The minimum atomic E-state index is -1.01. The zero-order valence-corrected chi connectivity index (χ0v) is 18.1. The maximum Gasteiger partial charge on any atom is 0.336 e. The molecule has 1 N–H and O–H groups in total. The van der Waals surface area contributed by atoms with E-state index in [1.54, 1.807) is 19.2 Å². The molecule has 4 rings (SSSR count). The van der Waals surface area contributed by atoms with Crippen LogP contribution in [0.4, 0.5) is 0 Å². The van der Waals surface area contributed by atoms with Crippen LogP contribution in [0.15, 0.2) is 53.4 Å². The van der Waals surface area contributed by atoms with Crippen molar-refractivity contribution >= 4 is 29.3 Å². The number of thioether (sulfide) groups is 1. The Morgan fingerprint density at radius 3 is 2.67 bits per heavy atom. The summed E-state index contributed by atoms with van der Waals surface area (Å²) in [6, 6.07) is 14.5. The van der Waals surface area contributed by atoms with Crippen molar-refractivity contribution in [3.05, 3.63) is 64.7 Å². The van der Waals surface area contributed by atoms with Gasteiger partial charge in [-0.1, -0.05) is 60.6 Å². The quantitative estimate of drug-likeness (QED) is 0.712. The monoisotopic (exact) mass is 450 g/mol. The van der Waals surface area contributed by atoms with E-state index in [9.17, 15) is 9.90 Å². The third-order valence-electron chi connectivity index (χ3n) is 5.43. The molecule has 0 amide bonds. The summed E-state index contributed by atoms with van der Waals surface area (Å²) in [5, 5.41) is 9.98. The van der Waals surface area contributed by atoms with Gasteiger partial charge in [0.25, 0.3) is 0 Å². The SMILES string of the molecule is COC1C(C)[C@H]2OC(c3ccccc3)OCC2O[C@@H]1Sc1cc(Cl)ccc1C(=O)O. The van der Waals surface area contributed by atoms with Gasteiger partial charge < -0.3 is 24.1 Å². The van der Waals surface area contributed by atoms with Gasteiger partial charge in [0.1, 0.15) is 11.5 Å². The minimum Gasteiger partial charge on any atom is -0.478 e. The van der Waals surface area contributed by atoms with Crippen molar-refractivity contribution < 1.29 is 28.8 Å². The summed E-state index contributed by atoms with van der Waals surface area (Å²) in [6.45, 7) is 2.44. The van der Waals surface area contributed by atoms with Crippen LogP contribution in [-0.4, -0.2) is 48.5 Å². The lowest BCUT2D eigenvalue weighted by Crippen LogP contribution is -2.57. The molecule has 2 fully saturated rings. The van der Waals surface area contributed by atoms with Crippen molar-refractivity contribution in [3.8, 4) is 0 Å². The second-order valence-corrected chi connectivity index (χ2v) is 8.92. The van der Waals surface area contributed by atoms with Crippen molar-refractivity contribution in [1.82, 2.24) is 0 Å². The van der Waals surface area contributed by atoms with Crippen LogP contribution in [0.25, 0.3) is 0 Å². The maximum absolute atomic E-state index is 11.6. The Labute approximate surface area is 184 Å². The Bertz CT molecular complexity index is 894. The van der Waals surface area contributed by atoms with Gasteiger partial charge in [0.05, 0.1) is 24.4 Å². The molecule has 0 saturated carbocycles. The van der Waals surface area contributed by atoms with Crippen LogP contribution in [0.3, 0.4) is 0 Å². The number of benzene rings is 2. The summed E-state index contributed by atoms with van der Waals surface area (Å²) in [4.78, 5) is 12.2. The molecule has 6 nitrogen and oxygen atoms in total. The molecule has 2 heterocycles. The van der Waals surface area contributed by atoms with Crippen molar-refractivity contribution in [2.75, 3.05) is 13.7 Å². The molecule has 8 heteroatoms. The highest BCUT2D eigenvalue weighted by atomic mass is 35.5. The highest BCUT2D eigenvalue weighted by molar-refractivity contribution is 8.00. The highest BCUT2D eigenvalue weighted by Crippen LogP contribution is 2.43. The smallest absolute Gasteiger partial charge is 0.336 e. The van der Waals surface area contributed by atoms with Crippen molar-refractivity contribution in [1.29, 1.82) is 0 Å². The second-order valence-electron chi connectivity index (χ2n) is 7.34. The van der Waals surface area contributed by atoms with Crippen LogP contribution < -0.4 is 0 Å². The molecule has 2 aromatic carbocycles. The summed E-state index contributed by atoms with van der Waals surface area (Å²) in [5.74, 6) is -1.01. The summed E-state index contributed by atoms with van der Waals surface area (Å²) in [5.41, 5.74) is 0.708. The number of aromatic carboxylic acids is 1. The predicted molar refractivity (Wildman–Crippen MR) is 113 cm³/mol. The van der Waals surface area contributed by atoms with E-state index in [1.807, 2.05) is 30.3 Å². The van der Waals surface area contributed by atoms with E-state index in [-0.39, 0.29) is 29.8 Å². The first-order valence-electron chi connectivity index (χ1n) is 9.67. The molecule has 2 aliphatic heterocycles. The molecule has 160 valence electrons. The summed E-state index contributed by atoms with van der Waals surface area (Å²) in [7, 11) is 1.63. The fraction of sp³-hybridized carbons (Fsp3) is 0.409. The maximum atomic E-state index is 11.6. The molecule has 0 aliphatic carbocycles. The molecule has 0 spiro atoms. The number of rotatable bonds is 5. The molecule has 2 aromatic rings. The summed E-state index contributed by atoms with van der Waals surface area (Å²) < 4.78 is 24.2. The lowest BCUT2D eigenvalue weighted by atomic mass is 9.90. The highest BCUT2D eigenvalue weighted by Gasteiger charge is 2.48. The van der Waals surface area contributed by atoms with Gasteiger partial charge in [-0.3, -0.25) is 0 Å². The zero-order valence-electron chi connectivity index (χ0n) is 16.6. The number of halogens is 1. The second kappa shape index (κ2) is 9.26. The van der Waals surface area contributed by atoms with Crippen LogP contribution in [0.5, 0.6) is 0 Å². The molecule has 2 saturated heterocycles. The number of methoxy groups -OCH3 is 1. The molecule has 30 heavy (non-hydrogen) atoms. The first-order valence-corrected chi connectivity index (χ1v) is 10.9. The molecule has 4 unspecified atom stereocenters. The van der Waals surface area contributed by atoms with E-state index in [2.05, 4.69) is 6.92 Å². The third kappa shape index (κ3) is 4.37. The Kier molecular flexibility index (Phi) is 6.67.